The van der Waals surface area contributed by atoms with Crippen molar-refractivity contribution in [2.24, 2.45) is 0 Å². The van der Waals surface area contributed by atoms with Gasteiger partial charge >= 0.3 is 295 Å². The zero-order valence-corrected chi connectivity index (χ0v) is 29.5. The Morgan fingerprint density at radius 2 is 0.396 bits per heavy atom. The zero-order valence-electron chi connectivity index (χ0n) is 27.0. The van der Waals surface area contributed by atoms with Gasteiger partial charge in [-0.1, -0.05) is 0 Å². The van der Waals surface area contributed by atoms with Crippen molar-refractivity contribution in [3.63, 3.8) is 0 Å². The predicted octanol–water partition coefficient (Wildman–Crippen LogP) is 10.1. The van der Waals surface area contributed by atoms with Crippen molar-refractivity contribution in [1.82, 2.24) is 0 Å². The fourth-order valence-electron chi connectivity index (χ4n) is 4.55. The molecular weight excluding hydrogens is 844 g/mol. The predicted molar refractivity (Wildman–Crippen MR) is 143 cm³/mol. The van der Waals surface area contributed by atoms with Gasteiger partial charge in [-0.25, -0.2) is 0 Å². The van der Waals surface area contributed by atoms with Gasteiger partial charge in [0.15, 0.2) is 0 Å². The van der Waals surface area contributed by atoms with Gasteiger partial charge < -0.3 is 0 Å². The van der Waals surface area contributed by atoms with Crippen LogP contribution in [0.1, 0.15) is 44.5 Å². The molecule has 21 heteroatoms. The van der Waals surface area contributed by atoms with Gasteiger partial charge in [-0.05, 0) is 0 Å². The summed E-state index contributed by atoms with van der Waals surface area (Å²) in [6.07, 6.45) is 0. The molecule has 4 aromatic rings. The average molecular weight is 864 g/mol. The Morgan fingerprint density at radius 3 is 0.528 bits per heavy atom. The Labute approximate surface area is 294 Å². The molecule has 288 valence electrons. The molecule has 4 rings (SSSR count). The molecule has 0 unspecified atom stereocenters. The van der Waals surface area contributed by atoms with Crippen LogP contribution in [0, 0.1) is 121 Å². The van der Waals surface area contributed by atoms with Crippen molar-refractivity contribution in [2.75, 3.05) is 0 Å². The fourth-order valence-corrected chi connectivity index (χ4v) is 8.93. The zero-order chi connectivity index (χ0) is 40.0. The van der Waals surface area contributed by atoms with Crippen LogP contribution in [0.3, 0.4) is 0 Å². The molecule has 0 N–H and O–H groups in total. The van der Waals surface area contributed by atoms with Crippen molar-refractivity contribution in [2.45, 2.75) is 54.1 Å². The number of halogens is 16. The molecule has 0 aliphatic rings. The van der Waals surface area contributed by atoms with Gasteiger partial charge in [0.2, 0.25) is 0 Å². The first-order valence-electron chi connectivity index (χ1n) is 14.4. The molecule has 0 radical (unpaired) electrons. The van der Waals surface area contributed by atoms with E-state index in [2.05, 4.69) is 0 Å². The third-order valence-electron chi connectivity index (χ3n) is 7.87. The SMILES string of the molecule is Cc1c(F)c(F)c(C[O][Zr]([O]Cc2c(F)c(F)c(C)c(F)c2F)([O]Cc2c(F)c(F)c(C)c(F)c2F)[O]Cc2c(F)c(F)c(C)c(F)c2F)c(F)c1F. The van der Waals surface area contributed by atoms with Gasteiger partial charge in [0.1, 0.15) is 0 Å². The summed E-state index contributed by atoms with van der Waals surface area (Å²) >= 11 is -7.29. The van der Waals surface area contributed by atoms with Crippen molar-refractivity contribution in [3.05, 3.63) is 138 Å². The van der Waals surface area contributed by atoms with E-state index in [1.54, 1.807) is 0 Å². The molecule has 0 spiro atoms. The van der Waals surface area contributed by atoms with Crippen molar-refractivity contribution >= 4 is 0 Å². The van der Waals surface area contributed by atoms with Gasteiger partial charge in [-0.3, -0.25) is 0 Å². The average Bonchev–Trinajstić information content (AvgIpc) is 3.14. The van der Waals surface area contributed by atoms with Gasteiger partial charge in [-0.15, -0.1) is 0 Å². The molecule has 0 saturated heterocycles. The second-order valence-electron chi connectivity index (χ2n) is 11.1. The summed E-state index contributed by atoms with van der Waals surface area (Å²) in [5.41, 5.74) is -11.6. The quantitative estimate of drug-likeness (QED) is 0.105. The maximum atomic E-state index is 14.8. The summed E-state index contributed by atoms with van der Waals surface area (Å²) in [4.78, 5) is 0. The monoisotopic (exact) mass is 862 g/mol. The van der Waals surface area contributed by atoms with Gasteiger partial charge in [0.25, 0.3) is 0 Å². The van der Waals surface area contributed by atoms with Crippen LogP contribution in [-0.2, 0) is 59.7 Å². The van der Waals surface area contributed by atoms with Crippen LogP contribution in [0.5, 0.6) is 0 Å². The van der Waals surface area contributed by atoms with Crippen LogP contribution < -0.4 is 0 Å². The third kappa shape index (κ3) is 7.72. The summed E-state index contributed by atoms with van der Waals surface area (Å²) in [7, 11) is 0. The normalized spacial score (nSPS) is 12.0. The van der Waals surface area contributed by atoms with E-state index in [9.17, 15) is 70.2 Å². The Morgan fingerprint density at radius 1 is 0.264 bits per heavy atom. The fraction of sp³-hybridized carbons (Fsp3) is 0.250. The first kappa shape index (κ1) is 42.2. The Bertz CT molecular complexity index is 1710. The second kappa shape index (κ2) is 16.1. The molecule has 0 fully saturated rings. The summed E-state index contributed by atoms with van der Waals surface area (Å²) in [5.74, 6) is -33.6. The van der Waals surface area contributed by atoms with Crippen molar-refractivity contribution in [3.8, 4) is 0 Å². The Balaban J connectivity index is 1.93. The second-order valence-corrected chi connectivity index (χ2v) is 16.4. The van der Waals surface area contributed by atoms with Crippen molar-refractivity contribution < 1.29 is 104 Å². The van der Waals surface area contributed by atoms with Gasteiger partial charge in [0.05, 0.1) is 0 Å². The summed E-state index contributed by atoms with van der Waals surface area (Å²) < 4.78 is 254. The number of benzene rings is 4. The molecule has 0 amide bonds. The first-order valence-corrected chi connectivity index (χ1v) is 18.4. The number of hydrogen-bond donors (Lipinski definition) is 0. The van der Waals surface area contributed by atoms with Gasteiger partial charge in [0, 0.05) is 0 Å². The van der Waals surface area contributed by atoms with Crippen LogP contribution >= 0.6 is 0 Å². The van der Waals surface area contributed by atoms with Crippen LogP contribution in [0.2, 0.25) is 0 Å². The Kier molecular flexibility index (Phi) is 12.8. The molecule has 0 atom stereocenters. The maximum absolute atomic E-state index is 14.8. The molecule has 0 bridgehead atoms. The van der Waals surface area contributed by atoms with E-state index >= 15 is 0 Å². The van der Waals surface area contributed by atoms with Crippen LogP contribution in [0.15, 0.2) is 0 Å². The standard InChI is InChI=1S/4C8H5F4O.Zr/c4*1-3-5(9)7(11)4(2-13)8(12)6(3)10;/h4*2H2,1H3;/q4*-1;+4. The molecule has 0 saturated carbocycles. The van der Waals surface area contributed by atoms with E-state index < -0.39 is 186 Å². The summed E-state index contributed by atoms with van der Waals surface area (Å²) in [6, 6.07) is 0. The van der Waals surface area contributed by atoms with Crippen LogP contribution in [0.25, 0.3) is 0 Å². The molecular formula is C32H20F16O4Zr. The summed E-state index contributed by atoms with van der Waals surface area (Å²) in [5, 5.41) is 0. The minimum atomic E-state index is -7.29. The Hall–Kier alpha value is -3.52. The van der Waals surface area contributed by atoms with E-state index in [1.165, 1.54) is 0 Å². The summed E-state index contributed by atoms with van der Waals surface area (Å²) in [6.45, 7) is -5.10. The third-order valence-corrected chi connectivity index (χ3v) is 12.8. The number of hydrogen-bond acceptors (Lipinski definition) is 4. The van der Waals surface area contributed by atoms with E-state index in [0.717, 1.165) is 0 Å². The van der Waals surface area contributed by atoms with Crippen LogP contribution in [0.4, 0.5) is 70.2 Å². The molecule has 0 aromatic heterocycles. The minimum absolute atomic E-state index is 0.592. The van der Waals surface area contributed by atoms with E-state index in [4.69, 9.17) is 11.3 Å². The first-order chi connectivity index (χ1) is 24.6. The van der Waals surface area contributed by atoms with E-state index in [-0.39, 0.29) is 0 Å². The number of rotatable bonds is 12. The van der Waals surface area contributed by atoms with E-state index in [0.29, 0.717) is 27.7 Å². The van der Waals surface area contributed by atoms with Crippen molar-refractivity contribution in [1.29, 1.82) is 0 Å². The molecule has 4 nitrogen and oxygen atoms in total. The molecule has 4 aromatic carbocycles. The topological polar surface area (TPSA) is 36.9 Å². The molecule has 0 aliphatic carbocycles. The van der Waals surface area contributed by atoms with Crippen LogP contribution in [-0.4, -0.2) is 0 Å². The molecule has 0 heterocycles. The van der Waals surface area contributed by atoms with Gasteiger partial charge in [-0.2, -0.15) is 0 Å². The van der Waals surface area contributed by atoms with E-state index in [1.807, 2.05) is 0 Å². The molecule has 0 aliphatic heterocycles. The molecule has 53 heavy (non-hydrogen) atoms.